The Hall–Kier alpha value is -2.18. The Morgan fingerprint density at radius 3 is 1.86 bits per heavy atom. The number of hydrogen-bond donors (Lipinski definition) is 0. The van der Waals surface area contributed by atoms with Crippen molar-refractivity contribution in [1.29, 1.82) is 0 Å². The van der Waals surface area contributed by atoms with Gasteiger partial charge in [-0.05, 0) is 41.5 Å². The Bertz CT molecular complexity index is 672. The second-order valence-electron chi connectivity index (χ2n) is 4.53. The van der Waals surface area contributed by atoms with Gasteiger partial charge >= 0.3 is 12.4 Å². The summed E-state index contributed by atoms with van der Waals surface area (Å²) in [6, 6.07) is 6.94. The maximum atomic E-state index is 12.8. The molecule has 0 unspecified atom stereocenters. The summed E-state index contributed by atoms with van der Waals surface area (Å²) >= 11 is 0. The molecule has 7 heteroatoms. The summed E-state index contributed by atoms with van der Waals surface area (Å²) in [6.45, 7) is 0. The first-order valence-electron chi connectivity index (χ1n) is 6.05. The number of rotatable bonds is 2. The number of halogens is 6. The lowest BCUT2D eigenvalue weighted by molar-refractivity contribution is -0.138. The molecule has 0 aliphatic heterocycles. The standard InChI is InChI=1S/C15H10F6O/c1-22-13-7-10(6-12(8-13)15(19,20)21)9-3-2-4-11(5-9)14(16,17)18/h2-8H,1H3. The molecule has 0 saturated carbocycles. The molecule has 0 saturated heterocycles. The van der Waals surface area contributed by atoms with Crippen molar-refractivity contribution < 1.29 is 31.1 Å². The highest BCUT2D eigenvalue weighted by atomic mass is 19.4. The van der Waals surface area contributed by atoms with Gasteiger partial charge in [-0.1, -0.05) is 12.1 Å². The van der Waals surface area contributed by atoms with Gasteiger partial charge in [-0.15, -0.1) is 0 Å². The van der Waals surface area contributed by atoms with E-state index in [9.17, 15) is 26.3 Å². The fourth-order valence-electron chi connectivity index (χ4n) is 1.92. The number of hydrogen-bond acceptors (Lipinski definition) is 1. The van der Waals surface area contributed by atoms with E-state index in [0.717, 1.165) is 30.3 Å². The predicted octanol–water partition coefficient (Wildman–Crippen LogP) is 5.40. The van der Waals surface area contributed by atoms with Crippen LogP contribution in [-0.2, 0) is 12.4 Å². The van der Waals surface area contributed by atoms with Crippen LogP contribution in [0.1, 0.15) is 11.1 Å². The molecular formula is C15H10F6O. The van der Waals surface area contributed by atoms with Crippen LogP contribution in [0.2, 0.25) is 0 Å². The van der Waals surface area contributed by atoms with E-state index < -0.39 is 23.5 Å². The molecule has 0 aliphatic rings. The van der Waals surface area contributed by atoms with Crippen LogP contribution < -0.4 is 4.74 Å². The lowest BCUT2D eigenvalue weighted by atomic mass is 10.00. The van der Waals surface area contributed by atoms with E-state index in [0.29, 0.717) is 0 Å². The SMILES string of the molecule is COc1cc(-c2cccc(C(F)(F)F)c2)cc(C(F)(F)F)c1. The van der Waals surface area contributed by atoms with E-state index in [1.165, 1.54) is 19.2 Å². The first-order valence-corrected chi connectivity index (χ1v) is 6.05. The van der Waals surface area contributed by atoms with Crippen molar-refractivity contribution in [2.24, 2.45) is 0 Å². The van der Waals surface area contributed by atoms with Crippen molar-refractivity contribution in [3.8, 4) is 16.9 Å². The summed E-state index contributed by atoms with van der Waals surface area (Å²) < 4.78 is 81.4. The van der Waals surface area contributed by atoms with Crippen LogP contribution in [0, 0.1) is 0 Å². The maximum Gasteiger partial charge on any atom is 0.416 e. The van der Waals surface area contributed by atoms with Gasteiger partial charge < -0.3 is 4.74 Å². The highest BCUT2D eigenvalue weighted by Crippen LogP contribution is 2.37. The molecule has 0 radical (unpaired) electrons. The summed E-state index contributed by atoms with van der Waals surface area (Å²) in [6.07, 6.45) is -9.19. The normalized spacial score (nSPS) is 12.3. The third-order valence-electron chi connectivity index (χ3n) is 2.99. The van der Waals surface area contributed by atoms with Gasteiger partial charge in [-0.2, -0.15) is 26.3 Å². The Kier molecular flexibility index (Phi) is 4.08. The average molecular weight is 320 g/mol. The van der Waals surface area contributed by atoms with Gasteiger partial charge in [0.2, 0.25) is 0 Å². The molecular weight excluding hydrogens is 310 g/mol. The third-order valence-corrected chi connectivity index (χ3v) is 2.99. The molecule has 0 bridgehead atoms. The molecule has 0 amide bonds. The van der Waals surface area contributed by atoms with E-state index in [1.54, 1.807) is 0 Å². The first-order chi connectivity index (χ1) is 10.1. The molecule has 0 fully saturated rings. The van der Waals surface area contributed by atoms with Gasteiger partial charge in [0, 0.05) is 0 Å². The molecule has 2 rings (SSSR count). The van der Waals surface area contributed by atoms with Crippen molar-refractivity contribution in [2.75, 3.05) is 7.11 Å². The Morgan fingerprint density at radius 2 is 1.32 bits per heavy atom. The average Bonchev–Trinajstić information content (AvgIpc) is 2.45. The fraction of sp³-hybridized carbons (Fsp3) is 0.200. The molecule has 22 heavy (non-hydrogen) atoms. The molecule has 0 heterocycles. The zero-order chi connectivity index (χ0) is 16.5. The van der Waals surface area contributed by atoms with Crippen LogP contribution in [0.3, 0.4) is 0 Å². The van der Waals surface area contributed by atoms with Crippen molar-refractivity contribution in [3.63, 3.8) is 0 Å². The van der Waals surface area contributed by atoms with Crippen molar-refractivity contribution >= 4 is 0 Å². The van der Waals surface area contributed by atoms with Gasteiger partial charge in [-0.3, -0.25) is 0 Å². The summed E-state index contributed by atoms with van der Waals surface area (Å²) in [5, 5.41) is 0. The van der Waals surface area contributed by atoms with E-state index in [-0.39, 0.29) is 16.9 Å². The molecule has 2 aromatic rings. The number of ether oxygens (including phenoxy) is 1. The molecule has 2 aromatic carbocycles. The minimum atomic E-state index is -4.62. The van der Waals surface area contributed by atoms with Gasteiger partial charge in [0.15, 0.2) is 0 Å². The van der Waals surface area contributed by atoms with E-state index in [2.05, 4.69) is 0 Å². The van der Waals surface area contributed by atoms with Gasteiger partial charge in [0.05, 0.1) is 18.2 Å². The van der Waals surface area contributed by atoms with Gasteiger partial charge in [0.25, 0.3) is 0 Å². The monoisotopic (exact) mass is 320 g/mol. The largest absolute Gasteiger partial charge is 0.497 e. The first kappa shape index (κ1) is 16.2. The van der Waals surface area contributed by atoms with Crippen LogP contribution in [-0.4, -0.2) is 7.11 Å². The van der Waals surface area contributed by atoms with Crippen LogP contribution in [0.4, 0.5) is 26.3 Å². The highest BCUT2D eigenvalue weighted by Gasteiger charge is 2.32. The minimum Gasteiger partial charge on any atom is -0.497 e. The second kappa shape index (κ2) is 5.55. The van der Waals surface area contributed by atoms with Gasteiger partial charge in [-0.25, -0.2) is 0 Å². The van der Waals surface area contributed by atoms with E-state index in [4.69, 9.17) is 4.74 Å². The molecule has 1 nitrogen and oxygen atoms in total. The van der Waals surface area contributed by atoms with Crippen molar-refractivity contribution in [3.05, 3.63) is 53.6 Å². The van der Waals surface area contributed by atoms with Crippen molar-refractivity contribution in [2.45, 2.75) is 12.4 Å². The summed E-state index contributed by atoms with van der Waals surface area (Å²) in [7, 11) is 1.19. The minimum absolute atomic E-state index is 0.00206. The second-order valence-corrected chi connectivity index (χ2v) is 4.53. The van der Waals surface area contributed by atoms with Gasteiger partial charge in [0.1, 0.15) is 5.75 Å². The van der Waals surface area contributed by atoms with Crippen LogP contribution in [0.25, 0.3) is 11.1 Å². The Labute approximate surface area is 122 Å². The summed E-state index contributed by atoms with van der Waals surface area (Å²) in [5.74, 6) is -0.0813. The van der Waals surface area contributed by atoms with E-state index >= 15 is 0 Å². The molecule has 0 aromatic heterocycles. The molecule has 0 aliphatic carbocycles. The van der Waals surface area contributed by atoms with Crippen molar-refractivity contribution in [1.82, 2.24) is 0 Å². The summed E-state index contributed by atoms with van der Waals surface area (Å²) in [4.78, 5) is 0. The lowest BCUT2D eigenvalue weighted by Crippen LogP contribution is -2.06. The number of methoxy groups -OCH3 is 1. The predicted molar refractivity (Wildman–Crippen MR) is 68.4 cm³/mol. The van der Waals surface area contributed by atoms with Crippen LogP contribution in [0.5, 0.6) is 5.75 Å². The molecule has 118 valence electrons. The molecule has 0 N–H and O–H groups in total. The fourth-order valence-corrected chi connectivity index (χ4v) is 1.92. The third kappa shape index (κ3) is 3.52. The maximum absolute atomic E-state index is 12.8. The zero-order valence-corrected chi connectivity index (χ0v) is 11.2. The summed E-state index contributed by atoms with van der Waals surface area (Å²) in [5.41, 5.74) is -1.89. The molecule has 0 atom stereocenters. The topological polar surface area (TPSA) is 9.23 Å². The quantitative estimate of drug-likeness (QED) is 0.673. The Morgan fingerprint density at radius 1 is 0.727 bits per heavy atom. The van der Waals surface area contributed by atoms with Crippen LogP contribution in [0.15, 0.2) is 42.5 Å². The van der Waals surface area contributed by atoms with E-state index in [1.807, 2.05) is 0 Å². The number of alkyl halides is 6. The molecule has 0 spiro atoms. The lowest BCUT2D eigenvalue weighted by Gasteiger charge is -2.13. The highest BCUT2D eigenvalue weighted by molar-refractivity contribution is 5.67. The van der Waals surface area contributed by atoms with Crippen LogP contribution >= 0.6 is 0 Å². The Balaban J connectivity index is 2.57. The zero-order valence-electron chi connectivity index (χ0n) is 11.2. The number of benzene rings is 2. The smallest absolute Gasteiger partial charge is 0.416 e.